The van der Waals surface area contributed by atoms with E-state index in [0.29, 0.717) is 39.2 Å². The summed E-state index contributed by atoms with van der Waals surface area (Å²) in [4.78, 5) is 30.2. The van der Waals surface area contributed by atoms with E-state index in [4.69, 9.17) is 10.5 Å². The molecule has 3 atom stereocenters. The highest BCUT2D eigenvalue weighted by atomic mass is 16.5. The van der Waals surface area contributed by atoms with Crippen molar-refractivity contribution in [3.05, 3.63) is 41.5 Å². The van der Waals surface area contributed by atoms with E-state index in [9.17, 15) is 24.9 Å². The molecule has 4 rings (SSSR count). The molecular formula is C29H42N4O6. The molecule has 5 N–H and O–H groups in total. The van der Waals surface area contributed by atoms with Gasteiger partial charge in [0.1, 0.15) is 5.75 Å². The average Bonchev–Trinajstić information content (AvgIpc) is 3.61. The molecule has 1 saturated heterocycles. The predicted octanol–water partition coefficient (Wildman–Crippen LogP) is 2.76. The summed E-state index contributed by atoms with van der Waals surface area (Å²) in [6.07, 6.45) is 4.70. The van der Waals surface area contributed by atoms with Crippen LogP contribution in [-0.4, -0.2) is 86.9 Å². The third-order valence-electron chi connectivity index (χ3n) is 8.11. The lowest BCUT2D eigenvalue weighted by molar-refractivity contribution is -0.144. The number of unbranched alkanes of at least 4 members (excludes halogenated alkanes) is 2. The van der Waals surface area contributed by atoms with Gasteiger partial charge in [-0.3, -0.25) is 19.1 Å². The molecule has 10 nitrogen and oxygen atoms in total. The van der Waals surface area contributed by atoms with Crippen LogP contribution >= 0.6 is 0 Å². The number of hydrogen-bond acceptors (Lipinski definition) is 7. The largest absolute Gasteiger partial charge is 0.494 e. The van der Waals surface area contributed by atoms with Crippen LogP contribution in [0.3, 0.4) is 0 Å². The monoisotopic (exact) mass is 542 g/mol. The lowest BCUT2D eigenvalue weighted by Gasteiger charge is -2.30. The number of benzene rings is 1. The molecule has 1 aromatic heterocycles. The summed E-state index contributed by atoms with van der Waals surface area (Å²) in [5.74, 6) is -1.30. The molecule has 1 unspecified atom stereocenters. The summed E-state index contributed by atoms with van der Waals surface area (Å²) in [7, 11) is 0. The van der Waals surface area contributed by atoms with E-state index < -0.39 is 17.9 Å². The standard InChI is InChI=1S/C29H42N4O6/c1-2-3-13-31(14-5-4-12-30)27(36)19-32-18-22(20-6-7-24-21(17-20)11-16-39-24)28(29(37)38)23(32)10-15-33-25(34)8-9-26(33)35/h6-9,17,22-23,28,34-35H,2-5,10-16,18-19,30H2,1H3,(H,37,38)/t22-,23+,28?/m1/s1. The van der Waals surface area contributed by atoms with Gasteiger partial charge in [0.2, 0.25) is 5.91 Å². The highest BCUT2D eigenvalue weighted by molar-refractivity contribution is 5.79. The van der Waals surface area contributed by atoms with Gasteiger partial charge < -0.3 is 30.7 Å². The first-order valence-corrected chi connectivity index (χ1v) is 14.1. The second kappa shape index (κ2) is 13.2. The Balaban J connectivity index is 1.60. The minimum Gasteiger partial charge on any atom is -0.494 e. The van der Waals surface area contributed by atoms with Gasteiger partial charge >= 0.3 is 5.97 Å². The third-order valence-corrected chi connectivity index (χ3v) is 8.11. The number of hydrogen-bond donors (Lipinski definition) is 4. The van der Waals surface area contributed by atoms with E-state index in [1.165, 1.54) is 16.7 Å². The number of rotatable bonds is 14. The summed E-state index contributed by atoms with van der Waals surface area (Å²) in [6, 6.07) is 8.26. The van der Waals surface area contributed by atoms with Crippen molar-refractivity contribution in [2.75, 3.05) is 39.3 Å². The predicted molar refractivity (Wildman–Crippen MR) is 147 cm³/mol. The molecule has 0 saturated carbocycles. The minimum atomic E-state index is -0.913. The number of carboxylic acids is 1. The molecule has 0 radical (unpaired) electrons. The van der Waals surface area contributed by atoms with Crippen molar-refractivity contribution in [3.8, 4) is 17.5 Å². The Labute approximate surface area is 230 Å². The van der Waals surface area contributed by atoms with Crippen LogP contribution in [0.5, 0.6) is 17.5 Å². The second-order valence-electron chi connectivity index (χ2n) is 10.7. The highest BCUT2D eigenvalue weighted by Crippen LogP contribution is 2.41. The topological polar surface area (TPSA) is 141 Å². The smallest absolute Gasteiger partial charge is 0.308 e. The first-order valence-electron chi connectivity index (χ1n) is 14.1. The van der Waals surface area contributed by atoms with Crippen molar-refractivity contribution in [2.24, 2.45) is 11.7 Å². The fourth-order valence-corrected chi connectivity index (χ4v) is 6.00. The number of aliphatic carboxylic acids is 1. The lowest BCUT2D eigenvalue weighted by Crippen LogP contribution is -2.45. The zero-order chi connectivity index (χ0) is 27.9. The molecule has 39 heavy (non-hydrogen) atoms. The highest BCUT2D eigenvalue weighted by Gasteiger charge is 2.47. The van der Waals surface area contributed by atoms with Crippen LogP contribution in [0.1, 0.15) is 56.1 Å². The van der Waals surface area contributed by atoms with Crippen LogP contribution in [0.25, 0.3) is 0 Å². The van der Waals surface area contributed by atoms with Gasteiger partial charge in [-0.25, -0.2) is 0 Å². The Hall–Kier alpha value is -3.24. The molecule has 1 amide bonds. The summed E-state index contributed by atoms with van der Waals surface area (Å²) >= 11 is 0. The van der Waals surface area contributed by atoms with Gasteiger partial charge in [-0.1, -0.05) is 25.5 Å². The maximum atomic E-state index is 13.6. The number of likely N-dealkylation sites (tertiary alicyclic amines) is 1. The molecule has 2 aliphatic rings. The van der Waals surface area contributed by atoms with Crippen molar-refractivity contribution in [1.29, 1.82) is 0 Å². The number of carboxylic acid groups (broad SMARTS) is 1. The van der Waals surface area contributed by atoms with E-state index in [-0.39, 0.29) is 36.7 Å². The van der Waals surface area contributed by atoms with Crippen LogP contribution < -0.4 is 10.5 Å². The molecule has 2 aromatic rings. The van der Waals surface area contributed by atoms with Gasteiger partial charge in [-0.2, -0.15) is 0 Å². The van der Waals surface area contributed by atoms with E-state index >= 15 is 0 Å². The fourth-order valence-electron chi connectivity index (χ4n) is 6.00. The van der Waals surface area contributed by atoms with Gasteiger partial charge in [0.15, 0.2) is 11.8 Å². The Morgan fingerprint density at radius 2 is 1.85 bits per heavy atom. The average molecular weight is 543 g/mol. The zero-order valence-electron chi connectivity index (χ0n) is 22.8. The quantitative estimate of drug-likeness (QED) is 0.267. The van der Waals surface area contributed by atoms with Crippen LogP contribution in [0, 0.1) is 5.92 Å². The maximum absolute atomic E-state index is 13.6. The molecule has 2 aliphatic heterocycles. The van der Waals surface area contributed by atoms with Crippen LogP contribution in [0.2, 0.25) is 0 Å². The van der Waals surface area contributed by atoms with Crippen molar-refractivity contribution in [2.45, 2.75) is 64.0 Å². The van der Waals surface area contributed by atoms with E-state index in [2.05, 4.69) is 13.0 Å². The number of carbonyl (C=O) groups is 2. The van der Waals surface area contributed by atoms with Gasteiger partial charge in [0.25, 0.3) is 0 Å². The van der Waals surface area contributed by atoms with Gasteiger partial charge in [0.05, 0.1) is 19.1 Å². The number of nitrogens with two attached hydrogens (primary N) is 1. The van der Waals surface area contributed by atoms with E-state index in [0.717, 1.165) is 49.0 Å². The molecule has 3 heterocycles. The van der Waals surface area contributed by atoms with Crippen molar-refractivity contribution >= 4 is 11.9 Å². The van der Waals surface area contributed by atoms with E-state index in [1.54, 1.807) is 0 Å². The Bertz CT molecular complexity index is 1120. The number of carbonyl (C=O) groups excluding carboxylic acids is 1. The lowest BCUT2D eigenvalue weighted by atomic mass is 9.83. The summed E-state index contributed by atoms with van der Waals surface area (Å²) < 4.78 is 7.01. The number of aromatic hydroxyl groups is 2. The first kappa shape index (κ1) is 28.8. The molecule has 10 heteroatoms. The summed E-state index contributed by atoms with van der Waals surface area (Å²) in [5.41, 5.74) is 7.68. The molecule has 1 aromatic carbocycles. The van der Waals surface area contributed by atoms with Crippen LogP contribution in [-0.2, 0) is 22.6 Å². The molecule has 0 bridgehead atoms. The maximum Gasteiger partial charge on any atom is 0.308 e. The summed E-state index contributed by atoms with van der Waals surface area (Å²) in [5, 5.41) is 30.8. The number of nitrogens with zero attached hydrogens (tertiary/aromatic N) is 3. The second-order valence-corrected chi connectivity index (χ2v) is 10.7. The SMILES string of the molecule is CCCCN(CCCCN)C(=O)CN1C[C@H](c2ccc3c(c2)CCO3)C(C(=O)O)[C@@H]1CCn1c(O)ccc1O. The number of amides is 1. The van der Waals surface area contributed by atoms with Crippen molar-refractivity contribution in [3.63, 3.8) is 0 Å². The normalized spacial score (nSPS) is 20.6. The fraction of sp³-hybridized carbons (Fsp3) is 0.586. The van der Waals surface area contributed by atoms with Crippen molar-refractivity contribution in [1.82, 2.24) is 14.4 Å². The zero-order valence-corrected chi connectivity index (χ0v) is 22.8. The van der Waals surface area contributed by atoms with Crippen LogP contribution in [0.4, 0.5) is 0 Å². The molecule has 0 spiro atoms. The third kappa shape index (κ3) is 6.67. The number of aromatic nitrogens is 1. The minimum absolute atomic E-state index is 0.00993. The van der Waals surface area contributed by atoms with E-state index in [1.807, 2.05) is 21.9 Å². The molecule has 0 aliphatic carbocycles. The molecule has 1 fully saturated rings. The van der Waals surface area contributed by atoms with Crippen LogP contribution in [0.15, 0.2) is 30.3 Å². The Kier molecular flexibility index (Phi) is 9.74. The van der Waals surface area contributed by atoms with Gasteiger partial charge in [-0.05, 0) is 49.4 Å². The number of fused-ring (bicyclic) bond motifs is 1. The molecule has 214 valence electrons. The van der Waals surface area contributed by atoms with Gasteiger partial charge in [0, 0.05) is 56.7 Å². The van der Waals surface area contributed by atoms with Gasteiger partial charge in [-0.15, -0.1) is 0 Å². The Morgan fingerprint density at radius 1 is 1.10 bits per heavy atom. The molecular weight excluding hydrogens is 500 g/mol. The Morgan fingerprint density at radius 3 is 2.54 bits per heavy atom. The number of ether oxygens (including phenoxy) is 1. The summed E-state index contributed by atoms with van der Waals surface area (Å²) in [6.45, 7) is 5.37. The van der Waals surface area contributed by atoms with Crippen molar-refractivity contribution < 1.29 is 29.6 Å². The first-order chi connectivity index (χ1) is 18.8.